The van der Waals surface area contributed by atoms with Crippen molar-refractivity contribution in [3.05, 3.63) is 34.3 Å². The van der Waals surface area contributed by atoms with Crippen LogP contribution in [0.2, 0.25) is 0 Å². The molecule has 21 heavy (non-hydrogen) atoms. The van der Waals surface area contributed by atoms with Crippen LogP contribution in [0, 0.1) is 0 Å². The second-order valence-corrected chi connectivity index (χ2v) is 6.70. The fourth-order valence-corrected chi connectivity index (χ4v) is 2.97. The number of hydrogen-bond donors (Lipinski definition) is 1. The number of nitrogens with zero attached hydrogens (tertiary/aromatic N) is 1. The van der Waals surface area contributed by atoms with Crippen molar-refractivity contribution in [3.63, 3.8) is 0 Å². The van der Waals surface area contributed by atoms with Crippen molar-refractivity contribution in [2.24, 2.45) is 0 Å². The van der Waals surface area contributed by atoms with Gasteiger partial charge in [-0.1, -0.05) is 11.6 Å². The van der Waals surface area contributed by atoms with Gasteiger partial charge in [-0.2, -0.15) is 0 Å². The molecule has 0 amide bonds. The van der Waals surface area contributed by atoms with Gasteiger partial charge in [-0.05, 0) is 54.8 Å². The highest BCUT2D eigenvalue weighted by Gasteiger charge is 2.18. The molecule has 2 rings (SSSR count). The van der Waals surface area contributed by atoms with Gasteiger partial charge < -0.3 is 10.1 Å². The molecule has 0 unspecified atom stereocenters. The molecule has 0 aromatic heterocycles. The van der Waals surface area contributed by atoms with E-state index in [0.29, 0.717) is 6.04 Å². The summed E-state index contributed by atoms with van der Waals surface area (Å²) in [6.45, 7) is 7.73. The Morgan fingerprint density at radius 3 is 2.71 bits per heavy atom. The minimum Gasteiger partial charge on any atom is -0.495 e. The fraction of sp³-hybridized carbons (Fsp3) is 0.529. The van der Waals surface area contributed by atoms with Gasteiger partial charge >= 0.3 is 0 Å². The van der Waals surface area contributed by atoms with E-state index in [1.54, 1.807) is 7.11 Å². The predicted molar refractivity (Wildman–Crippen MR) is 93.2 cm³/mol. The van der Waals surface area contributed by atoms with E-state index >= 15 is 0 Å². The highest BCUT2D eigenvalue weighted by atomic mass is 79.9. The first kappa shape index (κ1) is 16.4. The third-order valence-corrected chi connectivity index (χ3v) is 4.52. The molecular weight excluding hydrogens is 328 g/mol. The average molecular weight is 353 g/mol. The lowest BCUT2D eigenvalue weighted by atomic mass is 10.0. The zero-order chi connectivity index (χ0) is 15.2. The van der Waals surface area contributed by atoms with Crippen molar-refractivity contribution >= 4 is 21.6 Å². The molecule has 1 aliphatic rings. The summed E-state index contributed by atoms with van der Waals surface area (Å²) in [6, 6.07) is 6.74. The minimum atomic E-state index is 0.554. The number of rotatable bonds is 5. The Hall–Kier alpha value is -1.00. The van der Waals surface area contributed by atoms with Crippen molar-refractivity contribution in [1.29, 1.82) is 0 Å². The molecule has 0 saturated carbocycles. The van der Waals surface area contributed by atoms with Crippen molar-refractivity contribution in [2.75, 3.05) is 32.1 Å². The lowest BCUT2D eigenvalue weighted by Crippen LogP contribution is -2.39. The largest absolute Gasteiger partial charge is 0.495 e. The fourth-order valence-electron chi connectivity index (χ4n) is 2.56. The van der Waals surface area contributed by atoms with Gasteiger partial charge in [-0.15, -0.1) is 0 Å². The summed E-state index contributed by atoms with van der Waals surface area (Å²) in [5.41, 5.74) is 2.54. The van der Waals surface area contributed by atoms with Crippen molar-refractivity contribution in [3.8, 4) is 5.75 Å². The summed E-state index contributed by atoms with van der Waals surface area (Å²) in [6.07, 6.45) is 4.69. The van der Waals surface area contributed by atoms with Gasteiger partial charge in [0.2, 0.25) is 0 Å². The van der Waals surface area contributed by atoms with Gasteiger partial charge in [0.25, 0.3) is 0 Å². The third-order valence-electron chi connectivity index (χ3n) is 3.87. The lowest BCUT2D eigenvalue weighted by molar-refractivity contribution is 0.240. The molecule has 1 heterocycles. The standard InChI is InChI=1S/C17H25BrN2O/c1-13(2)6-9-20-10-7-14(8-11-20)19-15-4-5-16(18)17(12-15)21-3/h4-6,12,14,19H,7-11H2,1-3H3. The molecule has 0 aliphatic carbocycles. The number of ether oxygens (including phenoxy) is 1. The Kier molecular flexibility index (Phi) is 6.12. The molecule has 1 aliphatic heterocycles. The quantitative estimate of drug-likeness (QED) is 0.799. The molecule has 1 N–H and O–H groups in total. The van der Waals surface area contributed by atoms with Gasteiger partial charge in [0.05, 0.1) is 11.6 Å². The second kappa shape index (κ2) is 7.85. The number of anilines is 1. The molecule has 1 aromatic carbocycles. The van der Waals surface area contributed by atoms with Crippen molar-refractivity contribution in [1.82, 2.24) is 4.90 Å². The van der Waals surface area contributed by atoms with Gasteiger partial charge in [0.1, 0.15) is 5.75 Å². The second-order valence-electron chi connectivity index (χ2n) is 5.85. The summed E-state index contributed by atoms with van der Waals surface area (Å²) in [4.78, 5) is 2.52. The van der Waals surface area contributed by atoms with Gasteiger partial charge in [-0.25, -0.2) is 0 Å². The molecular formula is C17H25BrN2O. The summed E-state index contributed by atoms with van der Waals surface area (Å²) >= 11 is 3.49. The predicted octanol–water partition coefficient (Wildman–Crippen LogP) is 4.30. The van der Waals surface area contributed by atoms with Gasteiger partial charge in [0.15, 0.2) is 0 Å². The van der Waals surface area contributed by atoms with E-state index in [4.69, 9.17) is 4.74 Å². The van der Waals surface area contributed by atoms with Crippen molar-refractivity contribution < 1.29 is 4.74 Å². The molecule has 0 radical (unpaired) electrons. The zero-order valence-electron chi connectivity index (χ0n) is 13.2. The lowest BCUT2D eigenvalue weighted by Gasteiger charge is -2.32. The molecule has 4 heteroatoms. The molecule has 116 valence electrons. The summed E-state index contributed by atoms with van der Waals surface area (Å²) in [5, 5.41) is 3.63. The monoisotopic (exact) mass is 352 g/mol. The first-order chi connectivity index (χ1) is 10.1. The number of piperidine rings is 1. The van der Waals surface area contributed by atoms with Crippen LogP contribution in [0.15, 0.2) is 34.3 Å². The third kappa shape index (κ3) is 5.04. The van der Waals surface area contributed by atoms with Crippen molar-refractivity contribution in [2.45, 2.75) is 32.7 Å². The van der Waals surface area contributed by atoms with Gasteiger partial charge in [-0.3, -0.25) is 4.90 Å². The number of allylic oxidation sites excluding steroid dienone is 1. The number of benzene rings is 1. The van der Waals surface area contributed by atoms with Crippen LogP contribution in [0.5, 0.6) is 5.75 Å². The highest BCUT2D eigenvalue weighted by Crippen LogP contribution is 2.28. The molecule has 0 atom stereocenters. The summed E-state index contributed by atoms with van der Waals surface area (Å²) in [7, 11) is 1.70. The maximum atomic E-state index is 5.34. The smallest absolute Gasteiger partial charge is 0.135 e. The first-order valence-electron chi connectivity index (χ1n) is 7.54. The molecule has 1 aromatic rings. The van der Waals surface area contributed by atoms with Crippen LogP contribution in [-0.4, -0.2) is 37.7 Å². The summed E-state index contributed by atoms with van der Waals surface area (Å²) < 4.78 is 6.34. The van der Waals surface area contributed by atoms with Crippen LogP contribution in [0.25, 0.3) is 0 Å². The van der Waals surface area contributed by atoms with E-state index in [-0.39, 0.29) is 0 Å². The molecule has 0 spiro atoms. The molecule has 1 fully saturated rings. The molecule has 1 saturated heterocycles. The number of likely N-dealkylation sites (tertiary alicyclic amines) is 1. The Balaban J connectivity index is 1.84. The van der Waals surface area contributed by atoms with E-state index in [1.165, 1.54) is 18.4 Å². The highest BCUT2D eigenvalue weighted by molar-refractivity contribution is 9.10. The number of nitrogens with one attached hydrogen (secondary N) is 1. The van der Waals surface area contributed by atoms with Crippen LogP contribution in [0.4, 0.5) is 5.69 Å². The summed E-state index contributed by atoms with van der Waals surface area (Å²) in [5.74, 6) is 0.876. The van der Waals surface area contributed by atoms with Crippen LogP contribution in [0.3, 0.4) is 0 Å². The maximum Gasteiger partial charge on any atom is 0.135 e. The van der Waals surface area contributed by atoms with Crippen LogP contribution in [-0.2, 0) is 0 Å². The Morgan fingerprint density at radius 1 is 1.38 bits per heavy atom. The molecule has 3 nitrogen and oxygen atoms in total. The number of halogens is 1. The Morgan fingerprint density at radius 2 is 2.10 bits per heavy atom. The molecule has 0 bridgehead atoms. The Labute approximate surface area is 136 Å². The number of methoxy groups -OCH3 is 1. The van der Waals surface area contributed by atoms with Crippen LogP contribution >= 0.6 is 15.9 Å². The maximum absolute atomic E-state index is 5.34. The number of hydrogen-bond acceptors (Lipinski definition) is 3. The van der Waals surface area contributed by atoms with Crippen LogP contribution in [0.1, 0.15) is 26.7 Å². The van der Waals surface area contributed by atoms with E-state index in [9.17, 15) is 0 Å². The minimum absolute atomic E-state index is 0.554. The topological polar surface area (TPSA) is 24.5 Å². The normalized spacial score (nSPS) is 16.6. The zero-order valence-corrected chi connectivity index (χ0v) is 14.7. The Bertz CT molecular complexity index is 490. The van der Waals surface area contributed by atoms with E-state index in [1.807, 2.05) is 6.07 Å². The average Bonchev–Trinajstić information content (AvgIpc) is 2.48. The van der Waals surface area contributed by atoms with E-state index < -0.39 is 0 Å². The van der Waals surface area contributed by atoms with Crippen LogP contribution < -0.4 is 10.1 Å². The van der Waals surface area contributed by atoms with E-state index in [0.717, 1.165) is 35.5 Å². The van der Waals surface area contributed by atoms with Gasteiger partial charge in [0, 0.05) is 37.4 Å². The van der Waals surface area contributed by atoms with E-state index in [2.05, 4.69) is 58.2 Å². The SMILES string of the molecule is COc1cc(NC2CCN(CC=C(C)C)CC2)ccc1Br. The first-order valence-corrected chi connectivity index (χ1v) is 8.33.